The number of rotatable bonds is 5. The van der Waals surface area contributed by atoms with Crippen molar-refractivity contribution in [3.05, 3.63) is 94.6 Å². The number of aromatic nitrogens is 1. The van der Waals surface area contributed by atoms with Crippen LogP contribution in [-0.4, -0.2) is 16.8 Å². The van der Waals surface area contributed by atoms with E-state index in [1.807, 2.05) is 32.0 Å². The fourth-order valence-corrected chi connectivity index (χ4v) is 2.80. The van der Waals surface area contributed by atoms with Crippen LogP contribution in [0.1, 0.15) is 37.5 Å². The highest BCUT2D eigenvalue weighted by atomic mass is 19.1. The van der Waals surface area contributed by atoms with E-state index in [1.54, 1.807) is 18.2 Å². The van der Waals surface area contributed by atoms with Gasteiger partial charge in [0, 0.05) is 29.6 Å². The first-order valence-corrected chi connectivity index (χ1v) is 8.81. The lowest BCUT2D eigenvalue weighted by atomic mass is 10.1. The third-order valence-electron chi connectivity index (χ3n) is 4.37. The molecule has 0 saturated carbocycles. The zero-order valence-corrected chi connectivity index (χ0v) is 15.6. The number of nitrogens with zero attached hydrogens (tertiary/aromatic N) is 1. The molecule has 0 saturated heterocycles. The number of para-hydroxylation sites is 1. The molecular formula is C22H20FN3O2. The summed E-state index contributed by atoms with van der Waals surface area (Å²) < 4.78 is 13.7. The van der Waals surface area contributed by atoms with Crippen LogP contribution in [0.5, 0.6) is 0 Å². The number of benzene rings is 2. The van der Waals surface area contributed by atoms with Gasteiger partial charge < -0.3 is 10.6 Å². The van der Waals surface area contributed by atoms with Crippen molar-refractivity contribution < 1.29 is 14.0 Å². The molecule has 0 aliphatic heterocycles. The maximum atomic E-state index is 13.7. The van der Waals surface area contributed by atoms with Crippen molar-refractivity contribution in [3.63, 3.8) is 0 Å². The first-order chi connectivity index (χ1) is 13.5. The largest absolute Gasteiger partial charge is 0.348 e. The van der Waals surface area contributed by atoms with Crippen LogP contribution in [0.2, 0.25) is 0 Å². The second-order valence-electron chi connectivity index (χ2n) is 6.42. The van der Waals surface area contributed by atoms with Crippen molar-refractivity contribution in [3.8, 4) is 0 Å². The van der Waals surface area contributed by atoms with Gasteiger partial charge in [0.25, 0.3) is 11.8 Å². The SMILES string of the molecule is Cc1cccc(C)c1NC(=O)c1cc(C(=O)NCc2ccccc2F)ccn1. The molecule has 28 heavy (non-hydrogen) atoms. The number of aryl methyl sites for hydroxylation is 2. The highest BCUT2D eigenvalue weighted by Gasteiger charge is 2.14. The van der Waals surface area contributed by atoms with Gasteiger partial charge in [0.2, 0.25) is 0 Å². The van der Waals surface area contributed by atoms with Crippen molar-refractivity contribution in [1.29, 1.82) is 0 Å². The predicted molar refractivity (Wildman–Crippen MR) is 106 cm³/mol. The van der Waals surface area contributed by atoms with Gasteiger partial charge in [0.05, 0.1) is 0 Å². The molecule has 1 aromatic heterocycles. The second kappa shape index (κ2) is 8.43. The van der Waals surface area contributed by atoms with E-state index in [9.17, 15) is 14.0 Å². The number of carbonyl (C=O) groups is 2. The highest BCUT2D eigenvalue weighted by Crippen LogP contribution is 2.20. The van der Waals surface area contributed by atoms with Crippen LogP contribution in [0.15, 0.2) is 60.8 Å². The van der Waals surface area contributed by atoms with Crippen LogP contribution >= 0.6 is 0 Å². The number of halogens is 1. The van der Waals surface area contributed by atoms with Crippen LogP contribution < -0.4 is 10.6 Å². The number of nitrogens with one attached hydrogen (secondary N) is 2. The summed E-state index contributed by atoms with van der Waals surface area (Å²) in [5, 5.41) is 5.50. The maximum absolute atomic E-state index is 13.7. The summed E-state index contributed by atoms with van der Waals surface area (Å²) in [5.74, 6) is -1.20. The van der Waals surface area contributed by atoms with Crippen molar-refractivity contribution in [2.24, 2.45) is 0 Å². The molecule has 0 bridgehead atoms. The molecule has 6 heteroatoms. The lowest BCUT2D eigenvalue weighted by molar-refractivity contribution is 0.0950. The van der Waals surface area contributed by atoms with E-state index >= 15 is 0 Å². The fourth-order valence-electron chi connectivity index (χ4n) is 2.80. The molecule has 0 spiro atoms. The average Bonchev–Trinajstić information content (AvgIpc) is 2.70. The van der Waals surface area contributed by atoms with Crippen LogP contribution in [0.4, 0.5) is 10.1 Å². The van der Waals surface area contributed by atoms with Crippen molar-refractivity contribution in [1.82, 2.24) is 10.3 Å². The third kappa shape index (κ3) is 4.40. The van der Waals surface area contributed by atoms with Crippen LogP contribution in [0.3, 0.4) is 0 Å². The Bertz CT molecular complexity index is 1010. The van der Waals surface area contributed by atoms with Crippen molar-refractivity contribution in [2.45, 2.75) is 20.4 Å². The zero-order valence-electron chi connectivity index (χ0n) is 15.6. The summed E-state index contributed by atoms with van der Waals surface area (Å²) in [5.41, 5.74) is 3.39. The summed E-state index contributed by atoms with van der Waals surface area (Å²) >= 11 is 0. The number of carbonyl (C=O) groups excluding carboxylic acids is 2. The van der Waals surface area contributed by atoms with Gasteiger partial charge in [-0.3, -0.25) is 14.6 Å². The lowest BCUT2D eigenvalue weighted by Crippen LogP contribution is -2.24. The summed E-state index contributed by atoms with van der Waals surface area (Å²) in [6, 6.07) is 14.9. The van der Waals surface area contributed by atoms with Crippen LogP contribution in [0.25, 0.3) is 0 Å². The molecule has 0 fully saturated rings. The van der Waals surface area contributed by atoms with Gasteiger partial charge in [0.1, 0.15) is 11.5 Å². The molecule has 3 aromatic rings. The first-order valence-electron chi connectivity index (χ1n) is 8.81. The minimum absolute atomic E-state index is 0.0533. The van der Waals surface area contributed by atoms with E-state index in [0.29, 0.717) is 5.56 Å². The predicted octanol–water partition coefficient (Wildman–Crippen LogP) is 4.02. The van der Waals surface area contributed by atoms with E-state index in [1.165, 1.54) is 24.4 Å². The maximum Gasteiger partial charge on any atom is 0.274 e. The Morgan fingerprint density at radius 2 is 1.68 bits per heavy atom. The summed E-state index contributed by atoms with van der Waals surface area (Å²) in [6.45, 7) is 3.86. The average molecular weight is 377 g/mol. The Balaban J connectivity index is 1.72. The molecule has 0 radical (unpaired) electrons. The smallest absolute Gasteiger partial charge is 0.274 e. The Morgan fingerprint density at radius 1 is 0.964 bits per heavy atom. The normalized spacial score (nSPS) is 10.4. The quantitative estimate of drug-likeness (QED) is 0.705. The van der Waals surface area contributed by atoms with Gasteiger partial charge in [-0.2, -0.15) is 0 Å². The zero-order chi connectivity index (χ0) is 20.1. The van der Waals surface area contributed by atoms with Crippen molar-refractivity contribution >= 4 is 17.5 Å². The van der Waals surface area contributed by atoms with E-state index < -0.39 is 11.8 Å². The van der Waals surface area contributed by atoms with Gasteiger partial charge in [0.15, 0.2) is 0 Å². The molecule has 2 N–H and O–H groups in total. The van der Waals surface area contributed by atoms with Gasteiger partial charge in [-0.25, -0.2) is 4.39 Å². The Labute approximate surface area is 162 Å². The van der Waals surface area contributed by atoms with Crippen molar-refractivity contribution in [2.75, 3.05) is 5.32 Å². The topological polar surface area (TPSA) is 71.1 Å². The molecule has 1 heterocycles. The lowest BCUT2D eigenvalue weighted by Gasteiger charge is -2.11. The minimum Gasteiger partial charge on any atom is -0.348 e. The molecule has 3 rings (SSSR count). The molecule has 2 aromatic carbocycles. The molecule has 2 amide bonds. The summed E-state index contributed by atoms with van der Waals surface area (Å²) in [4.78, 5) is 29.0. The number of hydrogen-bond donors (Lipinski definition) is 2. The highest BCUT2D eigenvalue weighted by molar-refractivity contribution is 6.05. The van der Waals surface area contributed by atoms with Gasteiger partial charge in [-0.15, -0.1) is 0 Å². The van der Waals surface area contributed by atoms with E-state index in [2.05, 4.69) is 15.6 Å². The number of hydrogen-bond acceptors (Lipinski definition) is 3. The molecule has 0 aliphatic carbocycles. The van der Waals surface area contributed by atoms with E-state index in [0.717, 1.165) is 16.8 Å². The summed E-state index contributed by atoms with van der Waals surface area (Å²) in [7, 11) is 0. The standard InChI is InChI=1S/C22H20FN3O2/c1-14-6-5-7-15(2)20(14)26-22(28)19-12-16(10-11-24-19)21(27)25-13-17-8-3-4-9-18(17)23/h3-12H,13H2,1-2H3,(H,25,27)(H,26,28). The molecule has 5 nitrogen and oxygen atoms in total. The fraction of sp³-hybridized carbons (Fsp3) is 0.136. The first kappa shape index (κ1) is 19.2. The Hall–Kier alpha value is -3.54. The Kier molecular flexibility index (Phi) is 5.79. The molecule has 0 aliphatic rings. The molecule has 142 valence electrons. The van der Waals surface area contributed by atoms with E-state index in [4.69, 9.17) is 0 Å². The number of amides is 2. The second-order valence-corrected chi connectivity index (χ2v) is 6.42. The monoisotopic (exact) mass is 377 g/mol. The molecule has 0 atom stereocenters. The molecular weight excluding hydrogens is 357 g/mol. The third-order valence-corrected chi connectivity index (χ3v) is 4.37. The van der Waals surface area contributed by atoms with Gasteiger partial charge in [-0.05, 0) is 43.2 Å². The van der Waals surface area contributed by atoms with Gasteiger partial charge in [-0.1, -0.05) is 36.4 Å². The van der Waals surface area contributed by atoms with Crippen LogP contribution in [0, 0.1) is 19.7 Å². The Morgan fingerprint density at radius 3 is 2.39 bits per heavy atom. The van der Waals surface area contributed by atoms with E-state index in [-0.39, 0.29) is 23.6 Å². The minimum atomic E-state index is -0.410. The number of pyridine rings is 1. The number of anilines is 1. The summed E-state index contributed by atoms with van der Waals surface area (Å²) in [6.07, 6.45) is 1.40. The molecule has 0 unspecified atom stereocenters. The van der Waals surface area contributed by atoms with Crippen LogP contribution in [-0.2, 0) is 6.54 Å². The van der Waals surface area contributed by atoms with Gasteiger partial charge >= 0.3 is 0 Å².